The molecule has 0 saturated heterocycles. The van der Waals surface area contributed by atoms with Gasteiger partial charge < -0.3 is 9.29 Å². The average Bonchev–Trinajstić information content (AvgIpc) is 2.34. The first-order valence-electron chi connectivity index (χ1n) is 6.43. The second-order valence-electron chi connectivity index (χ2n) is 5.68. The van der Waals surface area contributed by atoms with Gasteiger partial charge in [-0.2, -0.15) is 13.2 Å². The number of alkyl halides is 3. The topological polar surface area (TPSA) is 57.2 Å². The molecule has 126 valence electrons. The van der Waals surface area contributed by atoms with Crippen LogP contribution in [0.25, 0.3) is 0 Å². The number of pyridine rings is 1. The van der Waals surface area contributed by atoms with Gasteiger partial charge >= 0.3 is 6.18 Å². The summed E-state index contributed by atoms with van der Waals surface area (Å²) < 4.78 is 55.3. The van der Waals surface area contributed by atoms with Crippen LogP contribution in [0.1, 0.15) is 39.3 Å². The van der Waals surface area contributed by atoms with E-state index in [2.05, 4.69) is 14.4 Å². The Balaban J connectivity index is 2.76. The van der Waals surface area contributed by atoms with E-state index in [0.29, 0.717) is 5.56 Å². The highest BCUT2D eigenvalue weighted by Crippen LogP contribution is 2.28. The normalized spacial score (nSPS) is 15.5. The molecule has 0 aliphatic heterocycles. The molecule has 0 amide bonds. The van der Waals surface area contributed by atoms with Crippen LogP contribution in [0, 0.1) is 0 Å². The summed E-state index contributed by atoms with van der Waals surface area (Å²) >= 11 is 4.57. The first kappa shape index (κ1) is 19.3. The van der Waals surface area contributed by atoms with Crippen LogP contribution in [0.2, 0.25) is 5.02 Å². The van der Waals surface area contributed by atoms with Gasteiger partial charge in [0.15, 0.2) is 6.61 Å². The summed E-state index contributed by atoms with van der Waals surface area (Å²) in [6.07, 6.45) is -3.11. The Morgan fingerprint density at radius 3 is 2.45 bits per heavy atom. The van der Waals surface area contributed by atoms with Crippen LogP contribution < -0.4 is 9.46 Å². The SMILES string of the molecule is CC(N[S+]([O-])C(C)(C)C)c1cnc(OCC(F)(F)F)c(Cl)c1. The van der Waals surface area contributed by atoms with Crippen LogP contribution in [0.15, 0.2) is 12.3 Å². The van der Waals surface area contributed by atoms with E-state index in [4.69, 9.17) is 11.6 Å². The van der Waals surface area contributed by atoms with Gasteiger partial charge in [0, 0.05) is 17.6 Å². The number of hydrogen-bond donors (Lipinski definition) is 1. The summed E-state index contributed by atoms with van der Waals surface area (Å²) in [5.41, 5.74) is 0.599. The number of nitrogens with zero attached hydrogens (tertiary/aromatic N) is 1. The van der Waals surface area contributed by atoms with Gasteiger partial charge in [-0.25, -0.2) is 4.98 Å². The first-order chi connectivity index (χ1) is 9.90. The Labute approximate surface area is 135 Å². The number of ether oxygens (including phenoxy) is 1. The van der Waals surface area contributed by atoms with Gasteiger partial charge in [0.2, 0.25) is 5.88 Å². The summed E-state index contributed by atoms with van der Waals surface area (Å²) in [6.45, 7) is 5.76. The van der Waals surface area contributed by atoms with E-state index in [1.807, 2.05) is 20.8 Å². The van der Waals surface area contributed by atoms with E-state index in [1.165, 1.54) is 12.3 Å². The molecule has 9 heteroatoms. The van der Waals surface area contributed by atoms with Crippen LogP contribution in [0.5, 0.6) is 5.88 Å². The first-order valence-corrected chi connectivity index (χ1v) is 7.96. The summed E-state index contributed by atoms with van der Waals surface area (Å²) in [7, 11) is 0. The summed E-state index contributed by atoms with van der Waals surface area (Å²) in [6, 6.07) is 1.11. The van der Waals surface area contributed by atoms with E-state index in [1.54, 1.807) is 6.92 Å². The van der Waals surface area contributed by atoms with Crippen LogP contribution in [-0.2, 0) is 11.4 Å². The molecule has 0 aromatic carbocycles. The highest BCUT2D eigenvalue weighted by atomic mass is 35.5. The summed E-state index contributed by atoms with van der Waals surface area (Å²) in [5, 5.41) is -0.0306. The molecule has 0 radical (unpaired) electrons. The molecule has 0 aliphatic carbocycles. The minimum absolute atomic E-state index is 0.0306. The smallest absolute Gasteiger partial charge is 0.422 e. The van der Waals surface area contributed by atoms with Gasteiger partial charge in [0.25, 0.3) is 0 Å². The molecule has 22 heavy (non-hydrogen) atoms. The fourth-order valence-electron chi connectivity index (χ4n) is 1.34. The van der Waals surface area contributed by atoms with Crippen molar-refractivity contribution in [2.45, 2.75) is 44.7 Å². The predicted molar refractivity (Wildman–Crippen MR) is 80.2 cm³/mol. The lowest BCUT2D eigenvalue weighted by Gasteiger charge is -2.26. The van der Waals surface area contributed by atoms with Crippen LogP contribution in [0.4, 0.5) is 13.2 Å². The van der Waals surface area contributed by atoms with E-state index < -0.39 is 28.9 Å². The molecule has 2 unspecified atom stereocenters. The van der Waals surface area contributed by atoms with E-state index >= 15 is 0 Å². The van der Waals surface area contributed by atoms with Crippen molar-refractivity contribution in [1.29, 1.82) is 0 Å². The lowest BCUT2D eigenvalue weighted by atomic mass is 10.2. The zero-order valence-electron chi connectivity index (χ0n) is 12.6. The fraction of sp³-hybridized carbons (Fsp3) is 0.615. The molecule has 1 N–H and O–H groups in total. The minimum Gasteiger partial charge on any atom is -0.598 e. The standard InChI is InChI=1S/C13H18ClF3N2O2S/c1-8(19-22(20)12(2,3)4)9-5-10(14)11(18-6-9)21-7-13(15,16)17/h5-6,8,19H,7H2,1-4H3. The molecule has 0 saturated carbocycles. The fourth-order valence-corrected chi connectivity index (χ4v) is 2.38. The second kappa shape index (κ2) is 7.25. The van der Waals surface area contributed by atoms with Crippen LogP contribution >= 0.6 is 11.6 Å². The third-order valence-electron chi connectivity index (χ3n) is 2.54. The number of hydrogen-bond acceptors (Lipinski definition) is 4. The van der Waals surface area contributed by atoms with E-state index in [-0.39, 0.29) is 16.9 Å². The second-order valence-corrected chi connectivity index (χ2v) is 8.09. The van der Waals surface area contributed by atoms with Crippen molar-refractivity contribution in [2.75, 3.05) is 6.61 Å². The summed E-state index contributed by atoms with van der Waals surface area (Å²) in [5.74, 6) is -0.285. The number of aromatic nitrogens is 1. The minimum atomic E-state index is -4.46. The molecular weight excluding hydrogens is 341 g/mol. The molecule has 1 heterocycles. The maximum atomic E-state index is 12.1. The Morgan fingerprint density at radius 1 is 1.41 bits per heavy atom. The van der Waals surface area contributed by atoms with E-state index in [0.717, 1.165) is 0 Å². The van der Waals surface area contributed by atoms with Gasteiger partial charge in [-0.05, 0) is 39.3 Å². The molecule has 0 fully saturated rings. The Hall–Kier alpha value is -0.700. The maximum Gasteiger partial charge on any atom is 0.422 e. The molecule has 0 bridgehead atoms. The lowest BCUT2D eigenvalue weighted by Crippen LogP contribution is -2.40. The Kier molecular flexibility index (Phi) is 6.37. The van der Waals surface area contributed by atoms with Crippen LogP contribution in [0.3, 0.4) is 0 Å². The molecule has 4 nitrogen and oxygen atoms in total. The highest BCUT2D eigenvalue weighted by molar-refractivity contribution is 7.90. The van der Waals surface area contributed by atoms with Crippen molar-refractivity contribution in [3.05, 3.63) is 22.8 Å². The monoisotopic (exact) mass is 358 g/mol. The van der Waals surface area contributed by atoms with Crippen molar-refractivity contribution < 1.29 is 22.5 Å². The quantitative estimate of drug-likeness (QED) is 0.814. The molecule has 1 aromatic rings. The highest BCUT2D eigenvalue weighted by Gasteiger charge is 2.30. The van der Waals surface area contributed by atoms with Crippen LogP contribution in [-0.4, -0.2) is 27.1 Å². The average molecular weight is 359 g/mol. The largest absolute Gasteiger partial charge is 0.598 e. The van der Waals surface area contributed by atoms with Gasteiger partial charge in [-0.3, -0.25) is 0 Å². The molecule has 1 aromatic heterocycles. The van der Waals surface area contributed by atoms with Gasteiger partial charge in [-0.1, -0.05) is 11.6 Å². The molecule has 1 rings (SSSR count). The maximum absolute atomic E-state index is 12.1. The molecule has 0 aliphatic rings. The van der Waals surface area contributed by atoms with Gasteiger partial charge in [0.05, 0.1) is 6.04 Å². The Morgan fingerprint density at radius 2 is 2.00 bits per heavy atom. The molecular formula is C13H18ClF3N2O2S. The summed E-state index contributed by atoms with van der Waals surface area (Å²) in [4.78, 5) is 3.78. The van der Waals surface area contributed by atoms with Gasteiger partial charge in [0.1, 0.15) is 9.77 Å². The van der Waals surface area contributed by atoms with E-state index in [9.17, 15) is 17.7 Å². The number of nitrogens with one attached hydrogen (secondary N) is 1. The van der Waals surface area contributed by atoms with Crippen molar-refractivity contribution in [3.8, 4) is 5.88 Å². The van der Waals surface area contributed by atoms with Crippen molar-refractivity contribution in [2.24, 2.45) is 0 Å². The number of halogens is 4. The zero-order chi connectivity index (χ0) is 17.1. The van der Waals surface area contributed by atoms with Crippen molar-refractivity contribution in [1.82, 2.24) is 9.71 Å². The van der Waals surface area contributed by atoms with Gasteiger partial charge in [-0.15, -0.1) is 4.72 Å². The number of rotatable bonds is 5. The Bertz CT molecular complexity index is 509. The third kappa shape index (κ3) is 6.20. The van der Waals surface area contributed by atoms with Crippen molar-refractivity contribution >= 4 is 23.0 Å². The van der Waals surface area contributed by atoms with Crippen molar-refractivity contribution in [3.63, 3.8) is 0 Å². The third-order valence-corrected chi connectivity index (χ3v) is 4.49. The predicted octanol–water partition coefficient (Wildman–Crippen LogP) is 3.79. The molecule has 2 atom stereocenters. The molecule has 0 spiro atoms. The zero-order valence-corrected chi connectivity index (χ0v) is 14.2. The lowest BCUT2D eigenvalue weighted by molar-refractivity contribution is -0.154.